The summed E-state index contributed by atoms with van der Waals surface area (Å²) >= 11 is 5.64. The highest BCUT2D eigenvalue weighted by Gasteiger charge is 2.12. The van der Waals surface area contributed by atoms with Crippen LogP contribution in [0.25, 0.3) is 0 Å². The summed E-state index contributed by atoms with van der Waals surface area (Å²) in [5.74, 6) is -0.665. The SMILES string of the molecule is CCCCOC(=O)c1ccc(Cl)cc1O. The number of rotatable bonds is 4. The van der Waals surface area contributed by atoms with Gasteiger partial charge in [0.25, 0.3) is 0 Å². The van der Waals surface area contributed by atoms with Crippen LogP contribution in [0, 0.1) is 0 Å². The molecule has 0 atom stereocenters. The van der Waals surface area contributed by atoms with Crippen LogP contribution in [0.4, 0.5) is 0 Å². The number of phenols is 1. The van der Waals surface area contributed by atoms with E-state index in [0.29, 0.717) is 11.6 Å². The molecule has 1 aromatic rings. The average Bonchev–Trinajstić information content (AvgIpc) is 2.17. The molecule has 0 aromatic heterocycles. The molecule has 15 heavy (non-hydrogen) atoms. The summed E-state index contributed by atoms with van der Waals surface area (Å²) in [7, 11) is 0. The number of carbonyl (C=O) groups is 1. The first-order chi connectivity index (χ1) is 7.15. The Labute approximate surface area is 93.6 Å². The van der Waals surface area contributed by atoms with Crippen molar-refractivity contribution in [2.45, 2.75) is 19.8 Å². The Bertz CT molecular complexity index is 350. The molecule has 0 spiro atoms. The van der Waals surface area contributed by atoms with E-state index >= 15 is 0 Å². The zero-order valence-electron chi connectivity index (χ0n) is 8.50. The summed E-state index contributed by atoms with van der Waals surface area (Å²) in [6.45, 7) is 2.38. The minimum atomic E-state index is -0.516. The summed E-state index contributed by atoms with van der Waals surface area (Å²) < 4.78 is 4.95. The first-order valence-electron chi connectivity index (χ1n) is 4.80. The number of hydrogen-bond acceptors (Lipinski definition) is 3. The van der Waals surface area contributed by atoms with Gasteiger partial charge < -0.3 is 9.84 Å². The molecule has 1 rings (SSSR count). The Balaban J connectivity index is 2.65. The van der Waals surface area contributed by atoms with Crippen molar-refractivity contribution < 1.29 is 14.6 Å². The zero-order valence-corrected chi connectivity index (χ0v) is 9.25. The second kappa shape index (κ2) is 5.61. The maximum absolute atomic E-state index is 11.4. The van der Waals surface area contributed by atoms with Crippen molar-refractivity contribution in [1.29, 1.82) is 0 Å². The largest absolute Gasteiger partial charge is 0.507 e. The van der Waals surface area contributed by atoms with Gasteiger partial charge in [-0.3, -0.25) is 0 Å². The van der Waals surface area contributed by atoms with Gasteiger partial charge in [0.05, 0.1) is 6.61 Å². The molecule has 0 heterocycles. The summed E-state index contributed by atoms with van der Waals surface area (Å²) in [5.41, 5.74) is 0.149. The van der Waals surface area contributed by atoms with E-state index in [1.54, 1.807) is 0 Å². The molecule has 1 aromatic carbocycles. The lowest BCUT2D eigenvalue weighted by atomic mass is 10.2. The van der Waals surface area contributed by atoms with Crippen molar-refractivity contribution >= 4 is 17.6 Å². The molecule has 1 N–H and O–H groups in total. The van der Waals surface area contributed by atoms with Gasteiger partial charge in [-0.25, -0.2) is 4.79 Å². The van der Waals surface area contributed by atoms with E-state index in [2.05, 4.69) is 0 Å². The number of esters is 1. The number of benzene rings is 1. The van der Waals surface area contributed by atoms with E-state index in [0.717, 1.165) is 12.8 Å². The Kier molecular flexibility index (Phi) is 4.43. The molecule has 0 bridgehead atoms. The van der Waals surface area contributed by atoms with Gasteiger partial charge >= 0.3 is 5.97 Å². The fraction of sp³-hybridized carbons (Fsp3) is 0.364. The number of carbonyl (C=O) groups excluding carboxylic acids is 1. The molecule has 3 nitrogen and oxygen atoms in total. The van der Waals surface area contributed by atoms with Gasteiger partial charge in [0.15, 0.2) is 0 Å². The molecule has 82 valence electrons. The maximum Gasteiger partial charge on any atom is 0.341 e. The van der Waals surface area contributed by atoms with Crippen LogP contribution in [-0.4, -0.2) is 17.7 Å². The van der Waals surface area contributed by atoms with Gasteiger partial charge in [0.2, 0.25) is 0 Å². The lowest BCUT2D eigenvalue weighted by Gasteiger charge is -2.05. The number of hydrogen-bond donors (Lipinski definition) is 1. The first kappa shape index (κ1) is 11.9. The monoisotopic (exact) mass is 228 g/mol. The van der Waals surface area contributed by atoms with E-state index in [4.69, 9.17) is 16.3 Å². The molecule has 0 amide bonds. The van der Waals surface area contributed by atoms with Crippen LogP contribution in [0.3, 0.4) is 0 Å². The number of unbranched alkanes of at least 4 members (excludes halogenated alkanes) is 1. The van der Waals surface area contributed by atoms with Crippen molar-refractivity contribution in [2.75, 3.05) is 6.61 Å². The third kappa shape index (κ3) is 3.44. The highest BCUT2D eigenvalue weighted by molar-refractivity contribution is 6.30. The maximum atomic E-state index is 11.4. The normalized spacial score (nSPS) is 10.0. The number of halogens is 1. The number of ether oxygens (including phenoxy) is 1. The minimum Gasteiger partial charge on any atom is -0.507 e. The molecule has 0 saturated carbocycles. The van der Waals surface area contributed by atoms with Crippen LogP contribution in [0.2, 0.25) is 5.02 Å². The second-order valence-electron chi connectivity index (χ2n) is 3.15. The van der Waals surface area contributed by atoms with E-state index in [1.807, 2.05) is 6.92 Å². The summed E-state index contributed by atoms with van der Waals surface area (Å²) in [6, 6.07) is 4.31. The molecule has 0 unspecified atom stereocenters. The standard InChI is InChI=1S/C11H13ClO3/c1-2-3-6-15-11(14)9-5-4-8(12)7-10(9)13/h4-5,7,13H,2-3,6H2,1H3. The first-order valence-corrected chi connectivity index (χ1v) is 5.18. The van der Waals surface area contributed by atoms with Crippen LogP contribution < -0.4 is 0 Å². The lowest BCUT2D eigenvalue weighted by Crippen LogP contribution is -2.06. The molecular weight excluding hydrogens is 216 g/mol. The fourth-order valence-corrected chi connectivity index (χ4v) is 1.23. The lowest BCUT2D eigenvalue weighted by molar-refractivity contribution is 0.0496. The van der Waals surface area contributed by atoms with Gasteiger partial charge in [-0.15, -0.1) is 0 Å². The van der Waals surface area contributed by atoms with E-state index in [1.165, 1.54) is 18.2 Å². The Hall–Kier alpha value is -1.22. The van der Waals surface area contributed by atoms with Gasteiger partial charge in [0, 0.05) is 5.02 Å². The van der Waals surface area contributed by atoms with Crippen LogP contribution in [0.15, 0.2) is 18.2 Å². The Morgan fingerprint density at radius 2 is 2.27 bits per heavy atom. The van der Waals surface area contributed by atoms with Crippen molar-refractivity contribution in [3.8, 4) is 5.75 Å². The van der Waals surface area contributed by atoms with Gasteiger partial charge in [-0.2, -0.15) is 0 Å². The molecule has 0 saturated heterocycles. The van der Waals surface area contributed by atoms with Gasteiger partial charge in [-0.05, 0) is 24.6 Å². The molecule has 0 aliphatic carbocycles. The van der Waals surface area contributed by atoms with E-state index < -0.39 is 5.97 Å². The van der Waals surface area contributed by atoms with Gasteiger partial charge in [0.1, 0.15) is 11.3 Å². The quantitative estimate of drug-likeness (QED) is 0.637. The van der Waals surface area contributed by atoms with Crippen molar-refractivity contribution in [3.63, 3.8) is 0 Å². The predicted molar refractivity (Wildman–Crippen MR) is 58.3 cm³/mol. The highest BCUT2D eigenvalue weighted by Crippen LogP contribution is 2.22. The number of phenolic OH excluding ortho intramolecular Hbond substituents is 1. The summed E-state index contributed by atoms with van der Waals surface area (Å²) in [6.07, 6.45) is 1.78. The van der Waals surface area contributed by atoms with Gasteiger partial charge in [-0.1, -0.05) is 24.9 Å². The number of aromatic hydroxyl groups is 1. The Morgan fingerprint density at radius 3 is 2.87 bits per heavy atom. The molecule has 0 aliphatic heterocycles. The van der Waals surface area contributed by atoms with Crippen LogP contribution >= 0.6 is 11.6 Å². The predicted octanol–water partition coefficient (Wildman–Crippen LogP) is 3.00. The topological polar surface area (TPSA) is 46.5 Å². The van der Waals surface area contributed by atoms with Crippen LogP contribution in [0.1, 0.15) is 30.1 Å². The molecule has 0 fully saturated rings. The Morgan fingerprint density at radius 1 is 1.53 bits per heavy atom. The van der Waals surface area contributed by atoms with Crippen molar-refractivity contribution in [1.82, 2.24) is 0 Å². The summed E-state index contributed by atoms with van der Waals surface area (Å²) in [4.78, 5) is 11.4. The minimum absolute atomic E-state index is 0.149. The smallest absolute Gasteiger partial charge is 0.341 e. The van der Waals surface area contributed by atoms with Crippen molar-refractivity contribution in [2.24, 2.45) is 0 Å². The van der Waals surface area contributed by atoms with Crippen LogP contribution in [-0.2, 0) is 4.74 Å². The fourth-order valence-electron chi connectivity index (χ4n) is 1.06. The van der Waals surface area contributed by atoms with Crippen molar-refractivity contribution in [3.05, 3.63) is 28.8 Å². The highest BCUT2D eigenvalue weighted by atomic mass is 35.5. The van der Waals surface area contributed by atoms with E-state index in [9.17, 15) is 9.90 Å². The third-order valence-electron chi connectivity index (χ3n) is 1.91. The van der Waals surface area contributed by atoms with Crippen LogP contribution in [0.5, 0.6) is 5.75 Å². The molecule has 0 radical (unpaired) electrons. The molecule has 4 heteroatoms. The molecule has 0 aliphatic rings. The zero-order chi connectivity index (χ0) is 11.3. The second-order valence-corrected chi connectivity index (χ2v) is 3.59. The molecular formula is C11H13ClO3. The average molecular weight is 229 g/mol. The summed E-state index contributed by atoms with van der Waals surface area (Å²) in [5, 5.41) is 9.82. The van der Waals surface area contributed by atoms with E-state index in [-0.39, 0.29) is 11.3 Å². The third-order valence-corrected chi connectivity index (χ3v) is 2.15.